The number of fused-ring (bicyclic) bond motifs is 1. The van der Waals surface area contributed by atoms with Crippen molar-refractivity contribution in [2.45, 2.75) is 22.3 Å². The number of rotatable bonds is 4. The SMILES string of the molecule is CN(C)S(=O)(=O)c1ccc(C(=O)NC2CCSc3ccc(F)cc32)cc1. The molecule has 8 heteroatoms. The van der Waals surface area contributed by atoms with E-state index in [2.05, 4.69) is 5.32 Å². The Bertz CT molecular complexity index is 928. The Kier molecular flexibility index (Phi) is 5.36. The van der Waals surface area contributed by atoms with Gasteiger partial charge in [0.25, 0.3) is 5.91 Å². The van der Waals surface area contributed by atoms with E-state index in [1.54, 1.807) is 17.8 Å². The number of nitrogens with zero attached hydrogens (tertiary/aromatic N) is 1. The maximum Gasteiger partial charge on any atom is 0.251 e. The first-order chi connectivity index (χ1) is 12.3. The molecule has 1 N–H and O–H groups in total. The van der Waals surface area contributed by atoms with Crippen molar-refractivity contribution < 1.29 is 17.6 Å². The molecule has 0 aliphatic carbocycles. The lowest BCUT2D eigenvalue weighted by molar-refractivity contribution is 0.0934. The predicted molar refractivity (Wildman–Crippen MR) is 99.3 cm³/mol. The van der Waals surface area contributed by atoms with E-state index in [0.717, 1.165) is 20.5 Å². The molecule has 0 saturated heterocycles. The van der Waals surface area contributed by atoms with Gasteiger partial charge in [0, 0.05) is 30.3 Å². The quantitative estimate of drug-likeness (QED) is 0.866. The van der Waals surface area contributed by atoms with Crippen LogP contribution in [0.25, 0.3) is 0 Å². The van der Waals surface area contributed by atoms with Gasteiger partial charge in [-0.25, -0.2) is 17.1 Å². The third-order valence-electron chi connectivity index (χ3n) is 4.21. The van der Waals surface area contributed by atoms with Crippen molar-refractivity contribution >= 4 is 27.7 Å². The maximum absolute atomic E-state index is 13.6. The zero-order valence-electron chi connectivity index (χ0n) is 14.4. The minimum absolute atomic E-state index is 0.125. The van der Waals surface area contributed by atoms with Gasteiger partial charge in [0.1, 0.15) is 5.82 Å². The van der Waals surface area contributed by atoms with Crippen LogP contribution in [0.4, 0.5) is 4.39 Å². The number of hydrogen-bond donors (Lipinski definition) is 1. The van der Waals surface area contributed by atoms with E-state index in [9.17, 15) is 17.6 Å². The van der Waals surface area contributed by atoms with Gasteiger partial charge in [-0.1, -0.05) is 0 Å². The number of sulfonamides is 1. The second-order valence-corrected chi connectivity index (χ2v) is 9.45. The van der Waals surface area contributed by atoms with Crippen LogP contribution in [0.5, 0.6) is 0 Å². The van der Waals surface area contributed by atoms with Crippen molar-refractivity contribution in [2.24, 2.45) is 0 Å². The molecule has 1 unspecified atom stereocenters. The summed E-state index contributed by atoms with van der Waals surface area (Å²) in [5.74, 6) is 0.193. The monoisotopic (exact) mass is 394 g/mol. The van der Waals surface area contributed by atoms with E-state index in [1.807, 2.05) is 0 Å². The molecule has 0 bridgehead atoms. The summed E-state index contributed by atoms with van der Waals surface area (Å²) < 4.78 is 38.9. The number of halogens is 1. The third-order valence-corrected chi connectivity index (χ3v) is 7.16. The van der Waals surface area contributed by atoms with Gasteiger partial charge in [0.15, 0.2) is 0 Å². The third kappa shape index (κ3) is 3.77. The van der Waals surface area contributed by atoms with Crippen molar-refractivity contribution in [1.29, 1.82) is 0 Å². The van der Waals surface area contributed by atoms with Gasteiger partial charge in [-0.2, -0.15) is 0 Å². The second kappa shape index (κ2) is 7.38. The lowest BCUT2D eigenvalue weighted by atomic mass is 10.0. The molecule has 138 valence electrons. The predicted octanol–water partition coefficient (Wildman–Crippen LogP) is 3.04. The first kappa shape index (κ1) is 18.9. The zero-order chi connectivity index (χ0) is 18.9. The summed E-state index contributed by atoms with van der Waals surface area (Å²) in [6, 6.07) is 10.1. The Hall–Kier alpha value is -1.90. The van der Waals surface area contributed by atoms with Gasteiger partial charge in [-0.15, -0.1) is 11.8 Å². The Morgan fingerprint density at radius 1 is 1.19 bits per heavy atom. The summed E-state index contributed by atoms with van der Waals surface area (Å²) in [7, 11) is -0.630. The Labute approximate surface area is 156 Å². The van der Waals surface area contributed by atoms with Crippen LogP contribution in [0.1, 0.15) is 28.4 Å². The average molecular weight is 394 g/mol. The number of amides is 1. The van der Waals surface area contributed by atoms with Crippen LogP contribution >= 0.6 is 11.8 Å². The Balaban J connectivity index is 1.79. The lowest BCUT2D eigenvalue weighted by Gasteiger charge is -2.26. The molecule has 0 fully saturated rings. The molecule has 3 rings (SSSR count). The number of thioether (sulfide) groups is 1. The molecule has 26 heavy (non-hydrogen) atoms. The van der Waals surface area contributed by atoms with E-state index >= 15 is 0 Å². The van der Waals surface area contributed by atoms with Gasteiger partial charge in [0.2, 0.25) is 10.0 Å². The topological polar surface area (TPSA) is 66.5 Å². The van der Waals surface area contributed by atoms with Crippen LogP contribution in [0.3, 0.4) is 0 Å². The first-order valence-electron chi connectivity index (χ1n) is 8.05. The summed E-state index contributed by atoms with van der Waals surface area (Å²) in [4.78, 5) is 13.6. The number of carbonyl (C=O) groups is 1. The van der Waals surface area contributed by atoms with Gasteiger partial charge < -0.3 is 5.32 Å². The standard InChI is InChI=1S/C18H19FN2O3S2/c1-21(2)26(23,24)14-6-3-12(4-7-14)18(22)20-16-9-10-25-17-8-5-13(19)11-15(16)17/h3-8,11,16H,9-10H2,1-2H3,(H,20,22). The Morgan fingerprint density at radius 2 is 1.88 bits per heavy atom. The molecule has 1 amide bonds. The van der Waals surface area contributed by atoms with Crippen LogP contribution in [0.2, 0.25) is 0 Å². The summed E-state index contributed by atoms with van der Waals surface area (Å²) in [6.45, 7) is 0. The number of carbonyl (C=O) groups excluding carboxylic acids is 1. The van der Waals surface area contributed by atoms with Crippen LogP contribution in [0.15, 0.2) is 52.3 Å². The fraction of sp³-hybridized carbons (Fsp3) is 0.278. The van der Waals surface area contributed by atoms with E-state index < -0.39 is 10.0 Å². The highest BCUT2D eigenvalue weighted by molar-refractivity contribution is 7.99. The molecule has 0 radical (unpaired) electrons. The normalized spacial score (nSPS) is 17.0. The lowest BCUT2D eigenvalue weighted by Crippen LogP contribution is -2.30. The van der Waals surface area contributed by atoms with Crippen LogP contribution < -0.4 is 5.32 Å². The smallest absolute Gasteiger partial charge is 0.251 e. The van der Waals surface area contributed by atoms with E-state index in [0.29, 0.717) is 12.0 Å². The molecule has 1 aliphatic rings. The van der Waals surface area contributed by atoms with Gasteiger partial charge in [0.05, 0.1) is 10.9 Å². The molecule has 0 aromatic heterocycles. The van der Waals surface area contributed by atoms with Gasteiger partial charge in [-0.05, 0) is 54.4 Å². The molecule has 0 spiro atoms. The molecule has 1 heterocycles. The van der Waals surface area contributed by atoms with Gasteiger partial charge >= 0.3 is 0 Å². The molecular formula is C18H19FN2O3S2. The van der Waals surface area contributed by atoms with Crippen molar-refractivity contribution in [3.8, 4) is 0 Å². The minimum Gasteiger partial charge on any atom is -0.345 e. The van der Waals surface area contributed by atoms with Crippen LogP contribution in [0, 0.1) is 5.82 Å². The van der Waals surface area contributed by atoms with Crippen LogP contribution in [-0.4, -0.2) is 38.5 Å². The number of benzene rings is 2. The first-order valence-corrected chi connectivity index (χ1v) is 10.5. The highest BCUT2D eigenvalue weighted by Gasteiger charge is 2.24. The Morgan fingerprint density at radius 3 is 2.54 bits per heavy atom. The summed E-state index contributed by atoms with van der Waals surface area (Å²) in [6.07, 6.45) is 0.708. The molecule has 1 aliphatic heterocycles. The highest BCUT2D eigenvalue weighted by Crippen LogP contribution is 2.36. The van der Waals surface area contributed by atoms with Crippen molar-refractivity contribution in [2.75, 3.05) is 19.8 Å². The average Bonchev–Trinajstić information content (AvgIpc) is 2.62. The second-order valence-electron chi connectivity index (χ2n) is 6.16. The largest absolute Gasteiger partial charge is 0.345 e. The summed E-state index contributed by atoms with van der Waals surface area (Å²) in [5, 5.41) is 2.92. The number of nitrogens with one attached hydrogen (secondary N) is 1. The van der Waals surface area contributed by atoms with Crippen molar-refractivity contribution in [3.63, 3.8) is 0 Å². The zero-order valence-corrected chi connectivity index (χ0v) is 16.0. The van der Waals surface area contributed by atoms with E-state index in [-0.39, 0.29) is 22.7 Å². The molecule has 2 aromatic carbocycles. The number of hydrogen-bond acceptors (Lipinski definition) is 4. The summed E-state index contributed by atoms with van der Waals surface area (Å²) >= 11 is 1.64. The minimum atomic E-state index is -3.53. The molecule has 5 nitrogen and oxygen atoms in total. The maximum atomic E-state index is 13.6. The fourth-order valence-corrected chi connectivity index (χ4v) is 4.75. The van der Waals surface area contributed by atoms with Crippen molar-refractivity contribution in [3.05, 3.63) is 59.4 Å². The fourth-order valence-electron chi connectivity index (χ4n) is 2.75. The molecule has 1 atom stereocenters. The van der Waals surface area contributed by atoms with E-state index in [4.69, 9.17) is 0 Å². The van der Waals surface area contributed by atoms with Gasteiger partial charge in [-0.3, -0.25) is 4.79 Å². The van der Waals surface area contributed by atoms with Crippen LogP contribution in [-0.2, 0) is 10.0 Å². The molecular weight excluding hydrogens is 375 g/mol. The highest BCUT2D eigenvalue weighted by atomic mass is 32.2. The van der Waals surface area contributed by atoms with Crippen molar-refractivity contribution in [1.82, 2.24) is 9.62 Å². The molecule has 0 saturated carbocycles. The van der Waals surface area contributed by atoms with E-state index in [1.165, 1.54) is 50.5 Å². The summed E-state index contributed by atoms with van der Waals surface area (Å²) in [5.41, 5.74) is 1.14. The molecule has 2 aromatic rings.